The third kappa shape index (κ3) is 21.8. The van der Waals surface area contributed by atoms with Crippen molar-refractivity contribution in [2.75, 3.05) is 46.3 Å². The molecule has 2 aromatic carbocycles. The molecular formula is C44H64F3N7O10. The van der Waals surface area contributed by atoms with Gasteiger partial charge < -0.3 is 50.6 Å². The lowest BCUT2D eigenvalue weighted by atomic mass is 10.0. The molecule has 0 radical (unpaired) electrons. The molecule has 17 nitrogen and oxygen atoms in total. The number of benzene rings is 2. The molecule has 0 spiro atoms. The molecule has 7 amide bonds. The number of alkyl carbamates (subject to hydrolysis) is 3. The van der Waals surface area contributed by atoms with Gasteiger partial charge in [-0.05, 0) is 105 Å². The van der Waals surface area contributed by atoms with Crippen LogP contribution in [-0.2, 0) is 41.2 Å². The summed E-state index contributed by atoms with van der Waals surface area (Å²) < 4.78 is 55.0. The zero-order valence-corrected chi connectivity index (χ0v) is 38.3. The first-order chi connectivity index (χ1) is 29.5. The van der Waals surface area contributed by atoms with Gasteiger partial charge in [-0.3, -0.25) is 19.2 Å². The molecule has 0 bridgehead atoms. The van der Waals surface area contributed by atoms with Crippen LogP contribution in [0.1, 0.15) is 96.6 Å². The number of nitrogens with one attached hydrogen (secondary N) is 5. The zero-order valence-electron chi connectivity index (χ0n) is 38.3. The minimum absolute atomic E-state index is 0.0229. The zero-order chi connectivity index (χ0) is 48.5. The fraction of sp³-hybridized carbons (Fsp3) is 0.568. The van der Waals surface area contributed by atoms with Gasteiger partial charge in [-0.25, -0.2) is 14.4 Å². The van der Waals surface area contributed by atoms with Gasteiger partial charge in [0.1, 0.15) is 28.9 Å². The largest absolute Gasteiger partial charge is 0.444 e. The van der Waals surface area contributed by atoms with Crippen molar-refractivity contribution in [3.63, 3.8) is 0 Å². The van der Waals surface area contributed by atoms with Crippen molar-refractivity contribution < 1.29 is 60.9 Å². The van der Waals surface area contributed by atoms with E-state index in [4.69, 9.17) is 14.2 Å². The lowest BCUT2D eigenvalue weighted by Gasteiger charge is -2.29. The van der Waals surface area contributed by atoms with E-state index in [9.17, 15) is 46.7 Å². The molecule has 1 unspecified atom stereocenters. The fourth-order valence-corrected chi connectivity index (χ4v) is 5.65. The number of likely N-dealkylation sites (N-methyl/N-ethyl adjacent to an activating group) is 1. The predicted molar refractivity (Wildman–Crippen MR) is 231 cm³/mol. The van der Waals surface area contributed by atoms with Gasteiger partial charge in [0.2, 0.25) is 17.7 Å². The minimum atomic E-state index is -4.57. The third-order valence-corrected chi connectivity index (χ3v) is 8.60. The summed E-state index contributed by atoms with van der Waals surface area (Å²) in [4.78, 5) is 95.2. The minimum Gasteiger partial charge on any atom is -0.444 e. The number of carbonyl (C=O) groups excluding carboxylic acids is 7. The first-order valence-corrected chi connectivity index (χ1v) is 20.8. The maximum atomic E-state index is 14.2. The number of amides is 7. The number of hydrogen-bond donors (Lipinski definition) is 5. The number of alkyl halides is 3. The second-order valence-corrected chi connectivity index (χ2v) is 17.8. The van der Waals surface area contributed by atoms with Crippen LogP contribution >= 0.6 is 0 Å². The first-order valence-electron chi connectivity index (χ1n) is 20.8. The van der Waals surface area contributed by atoms with E-state index in [0.29, 0.717) is 6.42 Å². The summed E-state index contributed by atoms with van der Waals surface area (Å²) in [5.41, 5.74) is -2.69. The van der Waals surface area contributed by atoms with E-state index in [-0.39, 0.29) is 51.3 Å². The first kappa shape index (κ1) is 54.1. The standard InChI is InChI=1S/C44H64F3N7O10/c1-41(2,3)62-38(59)49-23-26-54(27-24-50-39(60)63-42(4,5)6)34(55)28-33(52-40(61)64-43(7,8)9)36(57)51-32(21-16-29-14-12-11-13-15-29)37(58)53(10)25-22-48-35(56)30-17-19-31(20-18-30)44(45,46)47/h11-15,17-20,32-33H,16,21-28H2,1-10H3,(H,48,56)(H,49,59)(H,50,60)(H,51,57)(H,52,61)/t32-,33?/m0/s1. The summed E-state index contributed by atoms with van der Waals surface area (Å²) in [5.74, 6) is -2.84. The molecular weight excluding hydrogens is 844 g/mol. The van der Waals surface area contributed by atoms with Crippen LogP contribution in [0.25, 0.3) is 0 Å². The average Bonchev–Trinajstić information content (AvgIpc) is 3.16. The molecule has 2 aromatic rings. The smallest absolute Gasteiger partial charge is 0.416 e. The van der Waals surface area contributed by atoms with E-state index in [2.05, 4.69) is 26.6 Å². The molecule has 64 heavy (non-hydrogen) atoms. The molecule has 5 N–H and O–H groups in total. The number of aryl methyl sites for hydroxylation is 1. The second-order valence-electron chi connectivity index (χ2n) is 17.8. The maximum absolute atomic E-state index is 14.2. The molecule has 0 fully saturated rings. The molecule has 2 atom stereocenters. The highest BCUT2D eigenvalue weighted by molar-refractivity contribution is 5.95. The summed E-state index contributed by atoms with van der Waals surface area (Å²) in [6.07, 6.45) is -7.34. The van der Waals surface area contributed by atoms with Crippen LogP contribution in [0.15, 0.2) is 54.6 Å². The average molecular weight is 908 g/mol. The van der Waals surface area contributed by atoms with Gasteiger partial charge in [0, 0.05) is 51.9 Å². The molecule has 0 aliphatic heterocycles. The van der Waals surface area contributed by atoms with Crippen LogP contribution in [0.5, 0.6) is 0 Å². The number of halogens is 3. The van der Waals surface area contributed by atoms with Crippen molar-refractivity contribution in [3.8, 4) is 0 Å². The molecule has 0 saturated carbocycles. The van der Waals surface area contributed by atoms with Crippen LogP contribution in [0, 0.1) is 0 Å². The Bertz CT molecular complexity index is 1840. The van der Waals surface area contributed by atoms with Crippen molar-refractivity contribution in [3.05, 3.63) is 71.3 Å². The number of nitrogens with zero attached hydrogens (tertiary/aromatic N) is 2. The normalized spacial score (nSPS) is 12.7. The predicted octanol–water partition coefficient (Wildman–Crippen LogP) is 5.17. The van der Waals surface area contributed by atoms with Crippen molar-refractivity contribution in [2.24, 2.45) is 0 Å². The Balaban J connectivity index is 2.34. The number of carbonyl (C=O) groups is 7. The van der Waals surface area contributed by atoms with Crippen LogP contribution < -0.4 is 26.6 Å². The Kier molecular flexibility index (Phi) is 20.4. The van der Waals surface area contributed by atoms with Crippen LogP contribution in [-0.4, -0.2) is 127 Å². The SMILES string of the molecule is CN(CCNC(=O)c1ccc(C(F)(F)F)cc1)C(=O)[C@H](CCc1ccccc1)NC(=O)C(CC(=O)N(CCNC(=O)OC(C)(C)C)CCNC(=O)OC(C)(C)C)NC(=O)OC(C)(C)C. The van der Waals surface area contributed by atoms with Gasteiger partial charge in [-0.15, -0.1) is 0 Å². The number of hydrogen-bond acceptors (Lipinski definition) is 10. The summed E-state index contributed by atoms with van der Waals surface area (Å²) in [6, 6.07) is 9.93. The highest BCUT2D eigenvalue weighted by Gasteiger charge is 2.33. The Morgan fingerprint density at radius 1 is 0.609 bits per heavy atom. The number of rotatable bonds is 19. The Morgan fingerprint density at radius 3 is 1.58 bits per heavy atom. The fourth-order valence-electron chi connectivity index (χ4n) is 5.65. The maximum Gasteiger partial charge on any atom is 0.416 e. The summed E-state index contributed by atoms with van der Waals surface area (Å²) in [7, 11) is 1.43. The molecule has 0 aliphatic rings. The van der Waals surface area contributed by atoms with E-state index in [0.717, 1.165) is 29.8 Å². The van der Waals surface area contributed by atoms with Crippen molar-refractivity contribution in [2.45, 2.75) is 117 Å². The van der Waals surface area contributed by atoms with Crippen LogP contribution in [0.4, 0.5) is 27.6 Å². The van der Waals surface area contributed by atoms with E-state index >= 15 is 0 Å². The molecule has 0 aliphatic carbocycles. The molecule has 0 aromatic heterocycles. The quantitative estimate of drug-likeness (QED) is 0.117. The van der Waals surface area contributed by atoms with Crippen LogP contribution in [0.3, 0.4) is 0 Å². The number of ether oxygens (including phenoxy) is 3. The lowest BCUT2D eigenvalue weighted by molar-refractivity contribution is -0.138. The molecule has 0 saturated heterocycles. The Morgan fingerprint density at radius 2 is 1.09 bits per heavy atom. The monoisotopic (exact) mass is 907 g/mol. The summed E-state index contributed by atoms with van der Waals surface area (Å²) >= 11 is 0. The Labute approximate surface area is 372 Å². The van der Waals surface area contributed by atoms with Crippen LogP contribution in [0.2, 0.25) is 0 Å². The van der Waals surface area contributed by atoms with E-state index in [1.54, 1.807) is 74.4 Å². The molecule has 2 rings (SSSR count). The van der Waals surface area contributed by atoms with E-state index in [1.807, 2.05) is 18.2 Å². The molecule has 0 heterocycles. The van der Waals surface area contributed by atoms with Gasteiger partial charge in [-0.1, -0.05) is 30.3 Å². The Hall–Kier alpha value is -6.08. The summed E-state index contributed by atoms with van der Waals surface area (Å²) in [5, 5.41) is 12.8. The van der Waals surface area contributed by atoms with Gasteiger partial charge >= 0.3 is 24.5 Å². The van der Waals surface area contributed by atoms with Gasteiger partial charge in [0.05, 0.1) is 12.0 Å². The van der Waals surface area contributed by atoms with E-state index in [1.165, 1.54) is 16.8 Å². The van der Waals surface area contributed by atoms with Gasteiger partial charge in [0.25, 0.3) is 5.91 Å². The van der Waals surface area contributed by atoms with Gasteiger partial charge in [0.15, 0.2) is 0 Å². The molecule has 20 heteroatoms. The van der Waals surface area contributed by atoms with Crippen molar-refractivity contribution in [1.82, 2.24) is 36.4 Å². The second kappa shape index (κ2) is 24.1. The topological polar surface area (TPSA) is 214 Å². The van der Waals surface area contributed by atoms with Crippen molar-refractivity contribution >= 4 is 41.9 Å². The van der Waals surface area contributed by atoms with Crippen molar-refractivity contribution in [1.29, 1.82) is 0 Å². The van der Waals surface area contributed by atoms with E-state index < -0.39 is 89.0 Å². The summed E-state index contributed by atoms with van der Waals surface area (Å²) in [6.45, 7) is 14.3. The van der Waals surface area contributed by atoms with Gasteiger partial charge in [-0.2, -0.15) is 13.2 Å². The highest BCUT2D eigenvalue weighted by atomic mass is 19.4. The molecule has 356 valence electrons. The third-order valence-electron chi connectivity index (χ3n) is 8.60. The highest BCUT2D eigenvalue weighted by Crippen LogP contribution is 2.29. The lowest BCUT2D eigenvalue weighted by Crippen LogP contribution is -2.56.